The SMILES string of the molecule is Cn1c(=O)cnn(CCCCN2CCN(c3cccc(I)n3)CC2)c1=O. The summed E-state index contributed by atoms with van der Waals surface area (Å²) >= 11 is 2.24. The first-order valence-electron chi connectivity index (χ1n) is 8.77. The van der Waals surface area contributed by atoms with Crippen molar-refractivity contribution in [3.05, 3.63) is 48.9 Å². The van der Waals surface area contributed by atoms with Gasteiger partial charge < -0.3 is 4.90 Å². The van der Waals surface area contributed by atoms with Gasteiger partial charge in [-0.3, -0.25) is 14.3 Å². The van der Waals surface area contributed by atoms with E-state index in [1.165, 1.54) is 17.9 Å². The number of unbranched alkanes of at least 4 members (excludes halogenated alkanes) is 1. The Balaban J connectivity index is 1.41. The summed E-state index contributed by atoms with van der Waals surface area (Å²) in [5, 5.41) is 3.92. The average Bonchev–Trinajstić information content (AvgIpc) is 2.65. The molecule has 1 aliphatic heterocycles. The number of aryl methyl sites for hydroxylation is 1. The van der Waals surface area contributed by atoms with Crippen LogP contribution in [0.1, 0.15) is 12.8 Å². The van der Waals surface area contributed by atoms with E-state index < -0.39 is 0 Å². The predicted molar refractivity (Wildman–Crippen MR) is 109 cm³/mol. The van der Waals surface area contributed by atoms with Gasteiger partial charge in [0.15, 0.2) is 0 Å². The summed E-state index contributed by atoms with van der Waals surface area (Å²) in [6, 6.07) is 6.12. The van der Waals surface area contributed by atoms with E-state index in [0.717, 1.165) is 59.7 Å². The first-order chi connectivity index (χ1) is 12.5. The Morgan fingerprint density at radius 1 is 1.08 bits per heavy atom. The van der Waals surface area contributed by atoms with Gasteiger partial charge in [0.2, 0.25) is 0 Å². The van der Waals surface area contributed by atoms with Crippen molar-refractivity contribution in [1.29, 1.82) is 0 Å². The van der Waals surface area contributed by atoms with Crippen molar-refractivity contribution in [2.24, 2.45) is 7.05 Å². The maximum atomic E-state index is 11.9. The number of rotatable bonds is 6. The summed E-state index contributed by atoms with van der Waals surface area (Å²) in [5.41, 5.74) is -0.720. The summed E-state index contributed by atoms with van der Waals surface area (Å²) in [6.45, 7) is 5.55. The molecule has 1 fully saturated rings. The number of halogens is 1. The highest BCUT2D eigenvalue weighted by atomic mass is 127. The molecule has 0 aromatic carbocycles. The zero-order valence-corrected chi connectivity index (χ0v) is 17.0. The van der Waals surface area contributed by atoms with E-state index in [2.05, 4.69) is 48.5 Å². The van der Waals surface area contributed by atoms with E-state index in [-0.39, 0.29) is 11.2 Å². The molecule has 0 spiro atoms. The first-order valence-corrected chi connectivity index (χ1v) is 9.85. The van der Waals surface area contributed by atoms with Crippen molar-refractivity contribution in [3.8, 4) is 0 Å². The molecule has 0 atom stereocenters. The van der Waals surface area contributed by atoms with E-state index in [9.17, 15) is 9.59 Å². The summed E-state index contributed by atoms with van der Waals surface area (Å²) in [7, 11) is 1.48. The minimum Gasteiger partial charge on any atom is -0.354 e. The molecule has 1 aliphatic rings. The molecule has 2 aromatic rings. The van der Waals surface area contributed by atoms with Crippen LogP contribution in [0, 0.1) is 3.70 Å². The molecule has 2 aromatic heterocycles. The third-order valence-electron chi connectivity index (χ3n) is 4.64. The van der Waals surface area contributed by atoms with Crippen LogP contribution >= 0.6 is 22.6 Å². The molecule has 0 amide bonds. The van der Waals surface area contributed by atoms with Crippen molar-refractivity contribution in [1.82, 2.24) is 24.2 Å². The molecule has 3 rings (SSSR count). The lowest BCUT2D eigenvalue weighted by molar-refractivity contribution is 0.249. The van der Waals surface area contributed by atoms with Crippen LogP contribution in [0.4, 0.5) is 5.82 Å². The number of hydrogen-bond donors (Lipinski definition) is 0. The van der Waals surface area contributed by atoms with Crippen LogP contribution in [0.25, 0.3) is 0 Å². The quantitative estimate of drug-likeness (QED) is 0.349. The van der Waals surface area contributed by atoms with Gasteiger partial charge in [0, 0.05) is 39.8 Å². The minimum absolute atomic E-state index is 0.351. The van der Waals surface area contributed by atoms with E-state index >= 15 is 0 Å². The zero-order chi connectivity index (χ0) is 18.5. The van der Waals surface area contributed by atoms with Crippen molar-refractivity contribution >= 4 is 28.4 Å². The number of piperazine rings is 1. The highest BCUT2D eigenvalue weighted by Crippen LogP contribution is 2.15. The second kappa shape index (κ2) is 8.76. The van der Waals surface area contributed by atoms with Gasteiger partial charge in [0.25, 0.3) is 5.56 Å². The number of anilines is 1. The Morgan fingerprint density at radius 2 is 1.81 bits per heavy atom. The lowest BCUT2D eigenvalue weighted by atomic mass is 10.2. The molecule has 0 aliphatic carbocycles. The molecule has 3 heterocycles. The van der Waals surface area contributed by atoms with Crippen LogP contribution in [0.3, 0.4) is 0 Å². The van der Waals surface area contributed by atoms with E-state index in [0.29, 0.717) is 6.54 Å². The molecule has 9 heteroatoms. The molecule has 0 saturated carbocycles. The van der Waals surface area contributed by atoms with Crippen LogP contribution < -0.4 is 16.1 Å². The standard InChI is InChI=1S/C17H23IN6O2/c1-21-16(25)13-19-24(17(21)26)8-3-2-7-22-9-11-23(12-10-22)15-6-4-5-14(18)20-15/h4-6,13H,2-3,7-12H2,1H3. The van der Waals surface area contributed by atoms with Crippen LogP contribution in [-0.4, -0.2) is 57.0 Å². The first kappa shape index (κ1) is 19.0. The van der Waals surface area contributed by atoms with Gasteiger partial charge in [-0.2, -0.15) is 5.10 Å². The maximum Gasteiger partial charge on any atom is 0.347 e. The Labute approximate surface area is 165 Å². The van der Waals surface area contributed by atoms with Gasteiger partial charge in [0.05, 0.1) is 0 Å². The van der Waals surface area contributed by atoms with E-state index in [1.54, 1.807) is 0 Å². The van der Waals surface area contributed by atoms with E-state index in [1.807, 2.05) is 12.1 Å². The Morgan fingerprint density at radius 3 is 2.54 bits per heavy atom. The Hall–Kier alpha value is -1.75. The molecule has 0 radical (unpaired) electrons. The largest absolute Gasteiger partial charge is 0.354 e. The molecule has 140 valence electrons. The van der Waals surface area contributed by atoms with Gasteiger partial charge in [-0.1, -0.05) is 6.07 Å². The second-order valence-electron chi connectivity index (χ2n) is 6.40. The Kier molecular flexibility index (Phi) is 6.41. The van der Waals surface area contributed by atoms with Crippen molar-refractivity contribution in [2.75, 3.05) is 37.6 Å². The summed E-state index contributed by atoms with van der Waals surface area (Å²) in [5.74, 6) is 1.05. The maximum absolute atomic E-state index is 11.9. The van der Waals surface area contributed by atoms with Crippen molar-refractivity contribution in [2.45, 2.75) is 19.4 Å². The molecule has 0 unspecified atom stereocenters. The number of hydrogen-bond acceptors (Lipinski definition) is 6. The summed E-state index contributed by atoms with van der Waals surface area (Å²) < 4.78 is 3.47. The van der Waals surface area contributed by atoms with Crippen molar-refractivity contribution in [3.63, 3.8) is 0 Å². The van der Waals surface area contributed by atoms with Gasteiger partial charge >= 0.3 is 5.69 Å². The fourth-order valence-electron chi connectivity index (χ4n) is 3.05. The second-order valence-corrected chi connectivity index (χ2v) is 7.51. The van der Waals surface area contributed by atoms with Gasteiger partial charge in [-0.05, 0) is 54.1 Å². The molecule has 0 N–H and O–H groups in total. The minimum atomic E-state index is -0.369. The zero-order valence-electron chi connectivity index (χ0n) is 14.8. The van der Waals surface area contributed by atoms with Crippen LogP contribution in [0.5, 0.6) is 0 Å². The molecular formula is C17H23IN6O2. The number of aromatic nitrogens is 4. The van der Waals surface area contributed by atoms with Gasteiger partial charge in [-0.15, -0.1) is 0 Å². The fourth-order valence-corrected chi connectivity index (χ4v) is 3.50. The monoisotopic (exact) mass is 470 g/mol. The predicted octanol–water partition coefficient (Wildman–Crippen LogP) is 0.544. The highest BCUT2D eigenvalue weighted by molar-refractivity contribution is 14.1. The normalized spacial score (nSPS) is 15.4. The van der Waals surface area contributed by atoms with Crippen LogP contribution in [0.2, 0.25) is 0 Å². The Bertz CT molecular complexity index is 857. The smallest absolute Gasteiger partial charge is 0.347 e. The lowest BCUT2D eigenvalue weighted by Crippen LogP contribution is -2.47. The lowest BCUT2D eigenvalue weighted by Gasteiger charge is -2.35. The summed E-state index contributed by atoms with van der Waals surface area (Å²) in [6.07, 6.45) is 3.06. The topological polar surface area (TPSA) is 76.3 Å². The number of nitrogens with zero attached hydrogens (tertiary/aromatic N) is 6. The summed E-state index contributed by atoms with van der Waals surface area (Å²) in [4.78, 5) is 32.6. The molecular weight excluding hydrogens is 447 g/mol. The molecule has 26 heavy (non-hydrogen) atoms. The molecule has 1 saturated heterocycles. The van der Waals surface area contributed by atoms with Gasteiger partial charge in [0.1, 0.15) is 15.7 Å². The molecule has 8 nitrogen and oxygen atoms in total. The van der Waals surface area contributed by atoms with Crippen molar-refractivity contribution < 1.29 is 0 Å². The molecule has 0 bridgehead atoms. The van der Waals surface area contributed by atoms with Crippen LogP contribution in [0.15, 0.2) is 34.0 Å². The number of pyridine rings is 1. The van der Waals surface area contributed by atoms with E-state index in [4.69, 9.17) is 0 Å². The third-order valence-corrected chi connectivity index (χ3v) is 5.24. The average molecular weight is 470 g/mol. The fraction of sp³-hybridized carbons (Fsp3) is 0.529. The third kappa shape index (κ3) is 4.70. The van der Waals surface area contributed by atoms with Gasteiger partial charge in [-0.25, -0.2) is 14.5 Å². The highest BCUT2D eigenvalue weighted by Gasteiger charge is 2.17. The van der Waals surface area contributed by atoms with Crippen LogP contribution in [-0.2, 0) is 13.6 Å².